The predicted octanol–water partition coefficient (Wildman–Crippen LogP) is 2.96. The van der Waals surface area contributed by atoms with Gasteiger partial charge in [-0.15, -0.1) is 0 Å². The summed E-state index contributed by atoms with van der Waals surface area (Å²) in [5.74, 6) is 0. The van der Waals surface area contributed by atoms with Gasteiger partial charge >= 0.3 is 0 Å². The van der Waals surface area contributed by atoms with Gasteiger partial charge in [-0.2, -0.15) is 0 Å². The number of hydrogen-bond acceptors (Lipinski definition) is 2. The van der Waals surface area contributed by atoms with Crippen LogP contribution < -0.4 is 11.5 Å². The Bertz CT molecular complexity index is 494. The topological polar surface area (TPSA) is 52.0 Å². The Morgan fingerprint density at radius 2 is 1.71 bits per heavy atom. The molecule has 3 heteroatoms. The minimum Gasteiger partial charge on any atom is -0.326 e. The SMILES string of the molecule is NCc1ccc(C(N)c2cccc(Br)c2)cc1. The van der Waals surface area contributed by atoms with E-state index in [9.17, 15) is 0 Å². The fraction of sp³-hybridized carbons (Fsp3) is 0.143. The molecule has 0 fully saturated rings. The molecule has 0 saturated heterocycles. The first-order valence-corrected chi connectivity index (χ1v) is 6.30. The zero-order valence-corrected chi connectivity index (χ0v) is 11.0. The molecule has 1 atom stereocenters. The molecule has 0 radical (unpaired) electrons. The summed E-state index contributed by atoms with van der Waals surface area (Å²) in [6.07, 6.45) is 0. The molecule has 0 spiro atoms. The van der Waals surface area contributed by atoms with Gasteiger partial charge in [-0.05, 0) is 28.8 Å². The summed E-state index contributed by atoms with van der Waals surface area (Å²) >= 11 is 3.45. The average Bonchev–Trinajstić information content (AvgIpc) is 2.38. The van der Waals surface area contributed by atoms with Crippen LogP contribution in [0.25, 0.3) is 0 Å². The quantitative estimate of drug-likeness (QED) is 0.913. The number of rotatable bonds is 3. The van der Waals surface area contributed by atoms with Crippen molar-refractivity contribution in [1.82, 2.24) is 0 Å². The van der Waals surface area contributed by atoms with Gasteiger partial charge in [-0.3, -0.25) is 0 Å². The van der Waals surface area contributed by atoms with Gasteiger partial charge in [0, 0.05) is 11.0 Å². The van der Waals surface area contributed by atoms with Crippen molar-refractivity contribution in [3.63, 3.8) is 0 Å². The normalized spacial score (nSPS) is 12.4. The van der Waals surface area contributed by atoms with Crippen LogP contribution in [0.1, 0.15) is 22.7 Å². The first kappa shape index (κ1) is 12.3. The third kappa shape index (κ3) is 2.94. The molecule has 0 saturated carbocycles. The van der Waals surface area contributed by atoms with E-state index in [0.29, 0.717) is 6.54 Å². The van der Waals surface area contributed by atoms with Gasteiger partial charge in [0.1, 0.15) is 0 Å². The van der Waals surface area contributed by atoms with Crippen LogP contribution >= 0.6 is 15.9 Å². The second-order valence-electron chi connectivity index (χ2n) is 3.98. The van der Waals surface area contributed by atoms with Gasteiger partial charge in [0.05, 0.1) is 6.04 Å². The third-order valence-corrected chi connectivity index (χ3v) is 3.28. The molecule has 0 aromatic heterocycles. The number of nitrogens with two attached hydrogens (primary N) is 2. The molecule has 17 heavy (non-hydrogen) atoms. The molecule has 0 heterocycles. The van der Waals surface area contributed by atoms with E-state index >= 15 is 0 Å². The minimum atomic E-state index is -0.0978. The van der Waals surface area contributed by atoms with Crippen molar-refractivity contribution in [2.24, 2.45) is 11.5 Å². The summed E-state index contributed by atoms with van der Waals surface area (Å²) in [5, 5.41) is 0. The second kappa shape index (κ2) is 5.45. The Morgan fingerprint density at radius 1 is 1.00 bits per heavy atom. The first-order chi connectivity index (χ1) is 8.20. The highest BCUT2D eigenvalue weighted by Crippen LogP contribution is 2.22. The van der Waals surface area contributed by atoms with Gasteiger partial charge in [-0.25, -0.2) is 0 Å². The summed E-state index contributed by atoms with van der Waals surface area (Å²) in [4.78, 5) is 0. The van der Waals surface area contributed by atoms with E-state index in [0.717, 1.165) is 21.2 Å². The molecule has 88 valence electrons. The van der Waals surface area contributed by atoms with Crippen molar-refractivity contribution in [1.29, 1.82) is 0 Å². The number of halogens is 1. The van der Waals surface area contributed by atoms with Crippen LogP contribution in [0.15, 0.2) is 53.0 Å². The van der Waals surface area contributed by atoms with Gasteiger partial charge in [0.15, 0.2) is 0 Å². The Labute approximate surface area is 110 Å². The molecule has 2 nitrogen and oxygen atoms in total. The number of hydrogen-bond donors (Lipinski definition) is 2. The fourth-order valence-electron chi connectivity index (χ4n) is 1.75. The lowest BCUT2D eigenvalue weighted by Gasteiger charge is -2.13. The van der Waals surface area contributed by atoms with E-state index in [1.165, 1.54) is 0 Å². The lowest BCUT2D eigenvalue weighted by Crippen LogP contribution is -2.11. The molecule has 1 unspecified atom stereocenters. The maximum atomic E-state index is 6.22. The Kier molecular flexibility index (Phi) is 3.94. The van der Waals surface area contributed by atoms with E-state index in [-0.39, 0.29) is 6.04 Å². The number of benzene rings is 2. The van der Waals surface area contributed by atoms with Crippen LogP contribution in [0.3, 0.4) is 0 Å². The Balaban J connectivity index is 2.27. The zero-order chi connectivity index (χ0) is 12.3. The molecule has 0 aliphatic heterocycles. The molecule has 0 amide bonds. The van der Waals surface area contributed by atoms with Gasteiger partial charge in [0.25, 0.3) is 0 Å². The van der Waals surface area contributed by atoms with E-state index in [1.807, 2.05) is 48.5 Å². The van der Waals surface area contributed by atoms with Crippen LogP contribution in [0.2, 0.25) is 0 Å². The second-order valence-corrected chi connectivity index (χ2v) is 4.89. The highest BCUT2D eigenvalue weighted by Gasteiger charge is 2.08. The maximum Gasteiger partial charge on any atom is 0.0552 e. The van der Waals surface area contributed by atoms with Crippen LogP contribution in [-0.4, -0.2) is 0 Å². The van der Waals surface area contributed by atoms with Gasteiger partial charge in [-0.1, -0.05) is 52.3 Å². The molecule has 0 bridgehead atoms. The highest BCUT2D eigenvalue weighted by molar-refractivity contribution is 9.10. The van der Waals surface area contributed by atoms with Crippen molar-refractivity contribution >= 4 is 15.9 Å². The van der Waals surface area contributed by atoms with E-state index < -0.39 is 0 Å². The highest BCUT2D eigenvalue weighted by atomic mass is 79.9. The molecule has 0 aliphatic carbocycles. The molecular formula is C14H15BrN2. The third-order valence-electron chi connectivity index (χ3n) is 2.78. The first-order valence-electron chi connectivity index (χ1n) is 5.50. The molecule has 2 rings (SSSR count). The van der Waals surface area contributed by atoms with E-state index in [1.54, 1.807) is 0 Å². The summed E-state index contributed by atoms with van der Waals surface area (Å²) in [5.41, 5.74) is 15.1. The van der Waals surface area contributed by atoms with Crippen molar-refractivity contribution in [2.75, 3.05) is 0 Å². The molecule has 2 aromatic rings. The van der Waals surface area contributed by atoms with Crippen molar-refractivity contribution in [3.05, 3.63) is 69.7 Å². The summed E-state index contributed by atoms with van der Waals surface area (Å²) < 4.78 is 1.05. The van der Waals surface area contributed by atoms with Crippen molar-refractivity contribution in [2.45, 2.75) is 12.6 Å². The fourth-order valence-corrected chi connectivity index (χ4v) is 2.17. The van der Waals surface area contributed by atoms with E-state index in [2.05, 4.69) is 15.9 Å². The van der Waals surface area contributed by atoms with Crippen molar-refractivity contribution < 1.29 is 0 Å². The van der Waals surface area contributed by atoms with Gasteiger partial charge in [0.2, 0.25) is 0 Å². The molecular weight excluding hydrogens is 276 g/mol. The average molecular weight is 291 g/mol. The van der Waals surface area contributed by atoms with Crippen LogP contribution in [0, 0.1) is 0 Å². The van der Waals surface area contributed by atoms with E-state index in [4.69, 9.17) is 11.5 Å². The monoisotopic (exact) mass is 290 g/mol. The Morgan fingerprint density at radius 3 is 2.29 bits per heavy atom. The minimum absolute atomic E-state index is 0.0978. The van der Waals surface area contributed by atoms with Crippen LogP contribution in [0.5, 0.6) is 0 Å². The summed E-state index contributed by atoms with van der Waals surface area (Å²) in [6, 6.07) is 16.1. The standard InChI is InChI=1S/C14H15BrN2/c15-13-3-1-2-12(8-13)14(17)11-6-4-10(9-16)5-7-11/h1-8,14H,9,16-17H2. The van der Waals surface area contributed by atoms with Gasteiger partial charge < -0.3 is 11.5 Å². The van der Waals surface area contributed by atoms with Crippen LogP contribution in [0.4, 0.5) is 0 Å². The molecule has 2 aromatic carbocycles. The smallest absolute Gasteiger partial charge is 0.0552 e. The maximum absolute atomic E-state index is 6.22. The summed E-state index contributed by atoms with van der Waals surface area (Å²) in [6.45, 7) is 0.562. The molecule has 0 aliphatic rings. The largest absolute Gasteiger partial charge is 0.326 e. The van der Waals surface area contributed by atoms with Crippen LogP contribution in [-0.2, 0) is 6.54 Å². The summed E-state index contributed by atoms with van der Waals surface area (Å²) in [7, 11) is 0. The lowest BCUT2D eigenvalue weighted by molar-refractivity contribution is 0.868. The Hall–Kier alpha value is -1.16. The zero-order valence-electron chi connectivity index (χ0n) is 9.44. The van der Waals surface area contributed by atoms with Crippen molar-refractivity contribution in [3.8, 4) is 0 Å². The lowest BCUT2D eigenvalue weighted by atomic mass is 9.99. The predicted molar refractivity (Wildman–Crippen MR) is 74.5 cm³/mol. The molecule has 4 N–H and O–H groups in total.